The van der Waals surface area contributed by atoms with Gasteiger partial charge in [-0.2, -0.15) is 22.0 Å². The molecule has 0 aromatic heterocycles. The molecule has 196 valence electrons. The van der Waals surface area contributed by atoms with Crippen molar-refractivity contribution in [1.82, 2.24) is 4.72 Å². The summed E-state index contributed by atoms with van der Waals surface area (Å²) in [6.45, 7) is 9.71. The monoisotopic (exact) mass is 533 g/mol. The average Bonchev–Trinajstić information content (AvgIpc) is 2.70. The fourth-order valence-electron chi connectivity index (χ4n) is 2.65. The van der Waals surface area contributed by atoms with E-state index in [0.29, 0.717) is 24.3 Å². The van der Waals surface area contributed by atoms with E-state index in [1.807, 2.05) is 6.92 Å². The van der Waals surface area contributed by atoms with Crippen LogP contribution < -0.4 is 4.72 Å². The van der Waals surface area contributed by atoms with Gasteiger partial charge in [-0.3, -0.25) is 0 Å². The van der Waals surface area contributed by atoms with E-state index in [1.54, 1.807) is 6.08 Å². The van der Waals surface area contributed by atoms with Crippen molar-refractivity contribution < 1.29 is 43.7 Å². The number of halogens is 9. The van der Waals surface area contributed by atoms with Crippen LogP contribution in [0.25, 0.3) is 0 Å². The molecule has 2 atom stereocenters. The van der Waals surface area contributed by atoms with Crippen LogP contribution in [0.1, 0.15) is 56.0 Å². The molecule has 0 aliphatic heterocycles. The molecule has 0 bridgehead atoms. The Morgan fingerprint density at radius 1 is 0.943 bits per heavy atom. The molecular weight excluding hydrogens is 509 g/mol. The van der Waals surface area contributed by atoms with E-state index < -0.39 is 74.2 Å². The Morgan fingerprint density at radius 3 is 1.94 bits per heavy atom. The van der Waals surface area contributed by atoms with Gasteiger partial charge in [0.25, 0.3) is 0 Å². The Labute approximate surface area is 199 Å². The summed E-state index contributed by atoms with van der Waals surface area (Å²) >= 11 is 0. The fraction of sp³-hybridized carbons (Fsp3) is 0.391. The molecule has 0 spiro atoms. The van der Waals surface area contributed by atoms with E-state index in [-0.39, 0.29) is 6.07 Å². The molecule has 0 fully saturated rings. The molecular formula is C23H24F9NOS. The van der Waals surface area contributed by atoms with Crippen molar-refractivity contribution in [3.8, 4) is 0 Å². The summed E-state index contributed by atoms with van der Waals surface area (Å²) in [6.07, 6.45) is -7.56. The molecule has 0 radical (unpaired) electrons. The number of allylic oxidation sites excluding steroid dienone is 1. The zero-order chi connectivity index (χ0) is 27.4. The van der Waals surface area contributed by atoms with E-state index in [4.69, 9.17) is 0 Å². The minimum absolute atomic E-state index is 0.166. The number of nitrogens with one attached hydrogen (secondary N) is 1. The molecule has 0 aliphatic rings. The van der Waals surface area contributed by atoms with Gasteiger partial charge in [-0.05, 0) is 69.2 Å². The lowest BCUT2D eigenvalue weighted by atomic mass is 9.94. The molecule has 2 rings (SSSR count). The van der Waals surface area contributed by atoms with Gasteiger partial charge in [-0.25, -0.2) is 26.5 Å². The molecule has 0 saturated heterocycles. The van der Waals surface area contributed by atoms with Gasteiger partial charge >= 0.3 is 18.5 Å². The number of hydrogen-bond acceptors (Lipinski definition) is 1. The predicted octanol–water partition coefficient (Wildman–Crippen LogP) is 7.67. The Hall–Kier alpha value is -2.34. The van der Waals surface area contributed by atoms with Crippen LogP contribution in [0.4, 0.5) is 39.5 Å². The average molecular weight is 534 g/mol. The highest BCUT2D eigenvalue weighted by Gasteiger charge is 2.43. The molecule has 0 amide bonds. The van der Waals surface area contributed by atoms with Gasteiger partial charge in [0.1, 0.15) is 11.6 Å². The van der Waals surface area contributed by atoms with Crippen LogP contribution >= 0.6 is 0 Å². The summed E-state index contributed by atoms with van der Waals surface area (Å²) in [7, 11) is -2.03. The first kappa shape index (κ1) is 30.7. The van der Waals surface area contributed by atoms with E-state index in [2.05, 4.69) is 11.3 Å². The molecule has 12 heteroatoms. The van der Waals surface area contributed by atoms with Crippen LogP contribution in [0.5, 0.6) is 0 Å². The van der Waals surface area contributed by atoms with Crippen molar-refractivity contribution in [2.45, 2.75) is 57.0 Å². The summed E-state index contributed by atoms with van der Waals surface area (Å²) < 4.78 is 134. The Morgan fingerprint density at radius 2 is 1.49 bits per heavy atom. The molecule has 2 nitrogen and oxygen atoms in total. The van der Waals surface area contributed by atoms with E-state index >= 15 is 0 Å². The third kappa shape index (κ3) is 8.09. The summed E-state index contributed by atoms with van der Waals surface area (Å²) in [4.78, 5) is 0. The molecule has 2 aromatic carbocycles. The van der Waals surface area contributed by atoms with Gasteiger partial charge in [0.15, 0.2) is 0 Å². The molecule has 2 aromatic rings. The van der Waals surface area contributed by atoms with Crippen LogP contribution in [-0.2, 0) is 23.1 Å². The molecule has 0 saturated carbocycles. The Kier molecular flexibility index (Phi) is 10.2. The van der Waals surface area contributed by atoms with Crippen LogP contribution in [-0.4, -0.2) is 15.4 Å². The highest BCUT2D eigenvalue weighted by Crippen LogP contribution is 2.38. The lowest BCUT2D eigenvalue weighted by Crippen LogP contribution is -2.36. The van der Waals surface area contributed by atoms with Crippen LogP contribution in [0, 0.1) is 11.6 Å². The normalized spacial score (nSPS) is 14.2. The second kappa shape index (κ2) is 11.6. The second-order valence-corrected chi connectivity index (χ2v) is 10.3. The van der Waals surface area contributed by atoms with Crippen molar-refractivity contribution in [1.29, 1.82) is 0 Å². The van der Waals surface area contributed by atoms with Gasteiger partial charge in [0.05, 0.1) is 27.3 Å². The van der Waals surface area contributed by atoms with Crippen LogP contribution in [0.3, 0.4) is 0 Å². The smallest absolute Gasteiger partial charge is 0.242 e. The zero-order valence-corrected chi connectivity index (χ0v) is 19.9. The fourth-order valence-corrected chi connectivity index (χ4v) is 3.49. The Balaban J connectivity index is 0.00000194. The number of rotatable bonds is 6. The van der Waals surface area contributed by atoms with Gasteiger partial charge in [-0.1, -0.05) is 12.1 Å². The third-order valence-corrected chi connectivity index (χ3v) is 5.88. The highest BCUT2D eigenvalue weighted by atomic mass is 32.2. The standard InChI is InChI=1S/C20H18F9NOS.C3H6/c1-18(2,3)32(31)30-16(10-4-5-15(22)14(8-10)20(27,28)29)11-6-12(9-13(21)7-11)19(25,26)17(23)24;1-3-2/h4-9,16-17,30H,1-3H3;3H,1H2,2H3. The number of hydrogen-bond donors (Lipinski definition) is 1. The molecule has 0 aliphatic carbocycles. The zero-order valence-electron chi connectivity index (χ0n) is 19.1. The maximum Gasteiger partial charge on any atom is 0.419 e. The van der Waals surface area contributed by atoms with Gasteiger partial charge in [0.2, 0.25) is 0 Å². The van der Waals surface area contributed by atoms with Crippen LogP contribution in [0.15, 0.2) is 49.1 Å². The lowest BCUT2D eigenvalue weighted by molar-refractivity contribution is -0.140. The van der Waals surface area contributed by atoms with Crippen molar-refractivity contribution in [3.63, 3.8) is 0 Å². The van der Waals surface area contributed by atoms with E-state index in [1.165, 1.54) is 20.8 Å². The topological polar surface area (TPSA) is 29.1 Å². The number of benzene rings is 2. The van der Waals surface area contributed by atoms with Crippen molar-refractivity contribution in [2.75, 3.05) is 0 Å². The van der Waals surface area contributed by atoms with Gasteiger partial charge < -0.3 is 0 Å². The van der Waals surface area contributed by atoms with Gasteiger partial charge in [-0.15, -0.1) is 6.58 Å². The largest absolute Gasteiger partial charge is 0.419 e. The van der Waals surface area contributed by atoms with E-state index in [0.717, 1.165) is 6.07 Å². The maximum absolute atomic E-state index is 14.1. The minimum Gasteiger partial charge on any atom is -0.242 e. The summed E-state index contributed by atoms with van der Waals surface area (Å²) in [5.41, 5.74) is -4.02. The second-order valence-electron chi connectivity index (χ2n) is 8.27. The quantitative estimate of drug-likeness (QED) is 0.300. The lowest BCUT2D eigenvalue weighted by Gasteiger charge is -2.26. The van der Waals surface area contributed by atoms with Gasteiger partial charge in [0, 0.05) is 5.56 Å². The molecule has 0 heterocycles. The van der Waals surface area contributed by atoms with Crippen molar-refractivity contribution in [2.24, 2.45) is 0 Å². The van der Waals surface area contributed by atoms with Crippen molar-refractivity contribution >= 4 is 11.0 Å². The van der Waals surface area contributed by atoms with Crippen LogP contribution in [0.2, 0.25) is 0 Å². The highest BCUT2D eigenvalue weighted by molar-refractivity contribution is 7.84. The third-order valence-electron chi connectivity index (χ3n) is 4.32. The number of alkyl halides is 7. The predicted molar refractivity (Wildman–Crippen MR) is 116 cm³/mol. The first-order chi connectivity index (χ1) is 15.9. The molecule has 35 heavy (non-hydrogen) atoms. The summed E-state index contributed by atoms with van der Waals surface area (Å²) in [5.74, 6) is -7.75. The first-order valence-corrected chi connectivity index (χ1v) is 11.1. The summed E-state index contributed by atoms with van der Waals surface area (Å²) in [6, 6.07) is 1.31. The maximum atomic E-state index is 14.1. The molecule has 1 N–H and O–H groups in total. The summed E-state index contributed by atoms with van der Waals surface area (Å²) in [5, 5.41) is 0. The first-order valence-electron chi connectivity index (χ1n) is 9.94. The van der Waals surface area contributed by atoms with E-state index in [9.17, 15) is 43.7 Å². The Bertz CT molecular complexity index is 1050. The van der Waals surface area contributed by atoms with Crippen molar-refractivity contribution in [3.05, 3.63) is 82.9 Å². The SMILES string of the molecule is C=CC.CC(C)(C)S(=O)NC(c1cc(F)cc(C(F)(F)C(F)F)c1)c1ccc(F)c(C(F)(F)F)c1. The minimum atomic E-state index is -5.12. The molecule has 2 unspecified atom stereocenters.